The molecule has 0 heterocycles. The van der Waals surface area contributed by atoms with Crippen LogP contribution in [0, 0.1) is 0 Å². The summed E-state index contributed by atoms with van der Waals surface area (Å²) >= 11 is 0. The number of carbonyl (C=O) groups is 9. The van der Waals surface area contributed by atoms with Gasteiger partial charge in [-0.15, -0.1) is 13.2 Å². The molecule has 0 radical (unpaired) electrons. The maximum Gasteiger partial charge on any atom is 2.00 e. The molecule has 0 aliphatic heterocycles. The van der Waals surface area contributed by atoms with Gasteiger partial charge in [0.15, 0.2) is 0 Å². The van der Waals surface area contributed by atoms with Crippen molar-refractivity contribution in [1.82, 2.24) is 0 Å². The molecule has 0 aromatic rings. The standard InChI is InChI=1S/2C5H9NO4.C4H7NO4.2C3H6NO3.C2H5NO2.Ca/c2*6-3(5(9)10)1-2-4(7)8;5-2(4(8)9)1-3(6)7;2*4-2(1-5)3(6)7;3-1-2(4)5;/h2*3H,1-2,6H2,(H,7,8)(H,9,10);2H,1,5H2,(H,6,7)(H,8,9);2*2H,1,4H2,(H,6,7);1,3H2,(H,4,5);/q;;;2*-1;;+2/t2*3-;3*2-;;/m00000../s1. The van der Waals surface area contributed by atoms with Crippen LogP contribution in [0.5, 0.6) is 0 Å². The fourth-order valence-electron chi connectivity index (χ4n) is 1.20. The molecule has 0 spiro atoms. The number of nitrogens with two attached hydrogens (primary N) is 6. The number of carboxylic acids is 9. The summed E-state index contributed by atoms with van der Waals surface area (Å²) in [6, 6.07) is -6.02. The van der Waals surface area contributed by atoms with Gasteiger partial charge < -0.3 is 105 Å². The van der Waals surface area contributed by atoms with E-state index in [-0.39, 0.29) is 74.2 Å². The topological polar surface area (TPSA) is 546 Å². The minimum absolute atomic E-state index is 0. The van der Waals surface area contributed by atoms with Crippen molar-refractivity contribution in [2.75, 3.05) is 19.8 Å². The van der Waals surface area contributed by atoms with E-state index in [2.05, 4.69) is 5.73 Å². The van der Waals surface area contributed by atoms with E-state index in [1.54, 1.807) is 0 Å². The molecule has 0 rings (SSSR count). The number of hydrogen-bond donors (Lipinski definition) is 12. The molecule has 0 aliphatic rings. The predicted octanol–water partition coefficient (Wildman–Crippen LogP) is -12.1. The van der Waals surface area contributed by atoms with Gasteiger partial charge in [0.05, 0.1) is 18.6 Å². The Labute approximate surface area is 310 Å². The summed E-state index contributed by atoms with van der Waals surface area (Å²) in [5.74, 6) is -11.2. The summed E-state index contributed by atoms with van der Waals surface area (Å²) < 4.78 is 0. The van der Waals surface area contributed by atoms with Gasteiger partial charge in [0.25, 0.3) is 0 Å². The van der Waals surface area contributed by atoms with Crippen molar-refractivity contribution < 1.29 is 104 Å². The van der Waals surface area contributed by atoms with Crippen LogP contribution in [0.2, 0.25) is 0 Å². The Balaban J connectivity index is -0.0000000507. The predicted molar refractivity (Wildman–Crippen MR) is 152 cm³/mol. The normalized spacial score (nSPS) is 12.0. The summed E-state index contributed by atoms with van der Waals surface area (Å²) in [7, 11) is 0. The SMILES string of the molecule is NCC(=O)O.N[C@@H](CC(=O)[O-])C(=O)O.N[C@@H](CCC(=O)[O-])C(=O)O.N[C@@H](CCC(=O)[O-])C(=O)O.N[C@@H](C[O-])C(=O)O.N[C@@H](C[O-])C(=O)O.[Ca+2].[H+].[H+].[H+]. The second-order valence-corrected chi connectivity index (χ2v) is 8.05. The van der Waals surface area contributed by atoms with E-state index in [1.165, 1.54) is 0 Å². The molecular formula is C22H42CaN6O20. The summed E-state index contributed by atoms with van der Waals surface area (Å²) in [5, 5.41) is 96.0. The van der Waals surface area contributed by atoms with E-state index >= 15 is 0 Å². The summed E-state index contributed by atoms with van der Waals surface area (Å²) in [4.78, 5) is 87.4. The molecule has 26 nitrogen and oxygen atoms in total. The van der Waals surface area contributed by atoms with E-state index in [4.69, 9.17) is 59.3 Å². The van der Waals surface area contributed by atoms with Crippen LogP contribution in [0.3, 0.4) is 0 Å². The van der Waals surface area contributed by atoms with Crippen LogP contribution in [-0.2, 0) is 43.2 Å². The van der Waals surface area contributed by atoms with Gasteiger partial charge in [-0.25, -0.2) is 0 Å². The molecule has 0 unspecified atom stereocenters. The summed E-state index contributed by atoms with van der Waals surface area (Å²) in [6.45, 7) is -1.79. The Morgan fingerprint density at radius 1 is 0.490 bits per heavy atom. The van der Waals surface area contributed by atoms with E-state index < -0.39 is 104 Å². The largest absolute Gasteiger partial charge is 2.00 e. The first-order valence-corrected chi connectivity index (χ1v) is 12.3. The molecule has 49 heavy (non-hydrogen) atoms. The maximum atomic E-state index is 9.97. The van der Waals surface area contributed by atoms with E-state index in [0.717, 1.165) is 0 Å². The summed E-state index contributed by atoms with van der Waals surface area (Å²) in [5.41, 5.74) is 28.7. The second-order valence-electron chi connectivity index (χ2n) is 8.05. The van der Waals surface area contributed by atoms with Crippen molar-refractivity contribution in [2.24, 2.45) is 34.4 Å². The van der Waals surface area contributed by atoms with Gasteiger partial charge in [0.2, 0.25) is 0 Å². The molecule has 0 fully saturated rings. The average Bonchev–Trinajstić information content (AvgIpc) is 2.98. The van der Waals surface area contributed by atoms with Gasteiger partial charge in [0, 0.05) is 24.3 Å². The zero-order valence-electron chi connectivity index (χ0n) is 28.6. The minimum atomic E-state index is -1.45. The minimum Gasteiger partial charge on any atom is -0.853 e. The first-order valence-electron chi connectivity index (χ1n) is 12.3. The van der Waals surface area contributed by atoms with Crippen LogP contribution in [0.15, 0.2) is 0 Å². The van der Waals surface area contributed by atoms with Crippen LogP contribution < -0.4 is 59.9 Å². The number of aliphatic carboxylic acids is 9. The molecule has 0 bridgehead atoms. The number of carbonyl (C=O) groups excluding carboxylic acids is 3. The number of carboxylic acid groups (broad SMARTS) is 9. The molecule has 18 N–H and O–H groups in total. The molecule has 0 aromatic carbocycles. The molecule has 282 valence electrons. The molecule has 5 atom stereocenters. The average molecular weight is 751 g/mol. The van der Waals surface area contributed by atoms with Crippen LogP contribution in [-0.4, -0.2) is 172 Å². The second kappa shape index (κ2) is 38.6. The molecule has 0 aliphatic carbocycles. The van der Waals surface area contributed by atoms with E-state index in [9.17, 15) is 68.7 Å². The monoisotopic (exact) mass is 750 g/mol. The zero-order valence-corrected chi connectivity index (χ0v) is 27.8. The quantitative estimate of drug-likeness (QED) is 0.0651. The van der Waals surface area contributed by atoms with Gasteiger partial charge in [0.1, 0.15) is 18.1 Å². The maximum absolute atomic E-state index is 9.97. The number of rotatable bonds is 16. The fraction of sp³-hybridized carbons (Fsp3) is 0.591. The van der Waals surface area contributed by atoms with Crippen molar-refractivity contribution in [3.05, 3.63) is 0 Å². The Kier molecular flexibility index (Phi) is 47.7. The molecular weight excluding hydrogens is 708 g/mol. The molecule has 0 amide bonds. The van der Waals surface area contributed by atoms with Gasteiger partial charge in [-0.1, -0.05) is 0 Å². The molecule has 27 heteroatoms. The van der Waals surface area contributed by atoms with Crippen molar-refractivity contribution in [3.63, 3.8) is 0 Å². The van der Waals surface area contributed by atoms with Crippen LogP contribution in [0.1, 0.15) is 36.4 Å². The van der Waals surface area contributed by atoms with Gasteiger partial charge in [-0.2, -0.15) is 0 Å². The van der Waals surface area contributed by atoms with Crippen molar-refractivity contribution in [2.45, 2.75) is 62.3 Å². The van der Waals surface area contributed by atoms with Crippen LogP contribution in [0.25, 0.3) is 0 Å². The Morgan fingerprint density at radius 3 is 0.796 bits per heavy atom. The van der Waals surface area contributed by atoms with Gasteiger partial charge in [-0.05, 0) is 25.7 Å². The first-order chi connectivity index (χ1) is 21.7. The number of hydrogen-bond acceptors (Lipinski definition) is 20. The zero-order chi connectivity index (χ0) is 39.7. The van der Waals surface area contributed by atoms with Crippen molar-refractivity contribution >= 4 is 91.5 Å². The Bertz CT molecular complexity index is 967. The van der Waals surface area contributed by atoms with E-state index in [1.807, 2.05) is 0 Å². The van der Waals surface area contributed by atoms with E-state index in [0.29, 0.717) is 0 Å². The molecule has 0 saturated carbocycles. The third-order valence-corrected chi connectivity index (χ3v) is 3.83. The smallest absolute Gasteiger partial charge is 0.853 e. The summed E-state index contributed by atoms with van der Waals surface area (Å²) in [6.07, 6.45) is -1.44. The van der Waals surface area contributed by atoms with Crippen molar-refractivity contribution in [1.29, 1.82) is 0 Å². The molecule has 0 aromatic heterocycles. The van der Waals surface area contributed by atoms with Crippen molar-refractivity contribution in [3.8, 4) is 0 Å². The Morgan fingerprint density at radius 2 is 0.714 bits per heavy atom. The fourth-order valence-corrected chi connectivity index (χ4v) is 1.20. The van der Waals surface area contributed by atoms with Crippen LogP contribution in [0.4, 0.5) is 0 Å². The Hall–Kier alpha value is -3.83. The third kappa shape index (κ3) is 60.0. The van der Waals surface area contributed by atoms with Gasteiger partial charge in [-0.3, -0.25) is 28.8 Å². The third-order valence-electron chi connectivity index (χ3n) is 3.83. The first kappa shape index (κ1) is 60.5. The van der Waals surface area contributed by atoms with Gasteiger partial charge >= 0.3 is 77.8 Å². The van der Waals surface area contributed by atoms with Crippen LogP contribution >= 0.6 is 0 Å². The molecule has 0 saturated heterocycles.